The van der Waals surface area contributed by atoms with Gasteiger partial charge < -0.3 is 15.0 Å². The van der Waals surface area contributed by atoms with E-state index in [4.69, 9.17) is 11.6 Å². The Balaban J connectivity index is 2.07. The zero-order valence-electron chi connectivity index (χ0n) is 15.8. The van der Waals surface area contributed by atoms with Gasteiger partial charge in [0.15, 0.2) is 9.84 Å². The van der Waals surface area contributed by atoms with Gasteiger partial charge in [-0.1, -0.05) is 18.5 Å². The van der Waals surface area contributed by atoms with Gasteiger partial charge in [0.25, 0.3) is 5.91 Å². The molecule has 148 valence electrons. The number of aromatic hydroxyl groups is 1. The molecule has 0 atom stereocenters. The number of halogens is 1. The Labute approximate surface area is 168 Å². The first-order valence-corrected chi connectivity index (χ1v) is 10.9. The number of phenols is 1. The molecular weight excluding hydrogens is 400 g/mol. The molecule has 1 heterocycles. The van der Waals surface area contributed by atoms with Crippen LogP contribution < -0.4 is 5.32 Å². The molecule has 0 aliphatic heterocycles. The summed E-state index contributed by atoms with van der Waals surface area (Å²) in [6.07, 6.45) is 0. The fourth-order valence-corrected chi connectivity index (χ4v) is 4.35. The first kappa shape index (κ1) is 20.2. The second kappa shape index (κ2) is 7.48. The normalized spacial score (nSPS) is 11.7. The molecule has 0 aliphatic rings. The van der Waals surface area contributed by atoms with Crippen LogP contribution >= 0.6 is 11.6 Å². The summed E-state index contributed by atoms with van der Waals surface area (Å²) in [7, 11) is -3.47. The van der Waals surface area contributed by atoms with Crippen LogP contribution in [0.2, 0.25) is 5.02 Å². The second-order valence-corrected chi connectivity index (χ2v) is 9.13. The Bertz CT molecular complexity index is 1180. The van der Waals surface area contributed by atoms with E-state index < -0.39 is 15.7 Å². The molecule has 1 amide bonds. The topological polar surface area (TPSA) is 88.4 Å². The third kappa shape index (κ3) is 3.47. The van der Waals surface area contributed by atoms with Gasteiger partial charge in [-0.25, -0.2) is 8.42 Å². The Kier molecular flexibility index (Phi) is 5.41. The van der Waals surface area contributed by atoms with Crippen molar-refractivity contribution >= 4 is 43.9 Å². The molecule has 0 fully saturated rings. The number of aryl methyl sites for hydroxylation is 2. The molecule has 0 aliphatic carbocycles. The maximum atomic E-state index is 13.0. The van der Waals surface area contributed by atoms with Crippen LogP contribution in [0, 0.1) is 6.92 Å². The highest BCUT2D eigenvalue weighted by Crippen LogP contribution is 2.31. The molecule has 0 spiro atoms. The summed E-state index contributed by atoms with van der Waals surface area (Å²) in [5, 5.41) is 14.2. The molecule has 2 N–H and O–H groups in total. The highest BCUT2D eigenvalue weighted by Gasteiger charge is 2.22. The van der Waals surface area contributed by atoms with E-state index in [-0.39, 0.29) is 22.1 Å². The predicted octanol–water partition coefficient (Wildman–Crippen LogP) is 4.37. The molecule has 6 nitrogen and oxygen atoms in total. The minimum absolute atomic E-state index is 0.0441. The van der Waals surface area contributed by atoms with E-state index in [1.165, 1.54) is 25.1 Å². The van der Waals surface area contributed by atoms with Gasteiger partial charge in [-0.2, -0.15) is 0 Å². The molecule has 2 aromatic carbocycles. The Morgan fingerprint density at radius 3 is 2.54 bits per heavy atom. The maximum absolute atomic E-state index is 13.0. The molecule has 0 bridgehead atoms. The second-order valence-electron chi connectivity index (χ2n) is 6.42. The molecule has 3 rings (SSSR count). The lowest BCUT2D eigenvalue weighted by Crippen LogP contribution is -2.18. The van der Waals surface area contributed by atoms with E-state index >= 15 is 0 Å². The number of carbonyl (C=O) groups is 1. The molecule has 0 radical (unpaired) electrons. The van der Waals surface area contributed by atoms with Crippen LogP contribution in [0.4, 0.5) is 5.69 Å². The number of aromatic nitrogens is 1. The SMILES string of the molecule is CCn1c(C(=O)Nc2cc(S(=O)(=O)CC)ccc2O)c(C)c2cc(Cl)ccc21. The van der Waals surface area contributed by atoms with Gasteiger partial charge >= 0.3 is 0 Å². The van der Waals surface area contributed by atoms with E-state index in [9.17, 15) is 18.3 Å². The van der Waals surface area contributed by atoms with Crippen LogP contribution in [0.5, 0.6) is 5.75 Å². The van der Waals surface area contributed by atoms with Crippen molar-refractivity contribution < 1.29 is 18.3 Å². The van der Waals surface area contributed by atoms with E-state index in [1.54, 1.807) is 12.1 Å². The smallest absolute Gasteiger partial charge is 0.272 e. The number of sulfone groups is 1. The highest BCUT2D eigenvalue weighted by molar-refractivity contribution is 7.91. The van der Waals surface area contributed by atoms with Gasteiger partial charge in [-0.05, 0) is 55.8 Å². The Hall–Kier alpha value is -2.51. The first-order chi connectivity index (χ1) is 13.2. The standard InChI is InChI=1S/C20H21ClN2O4S/c1-4-23-17-8-6-13(21)10-15(17)12(3)19(23)20(25)22-16-11-14(7-9-18(16)24)28(26,27)5-2/h6-11,24H,4-5H2,1-3H3,(H,22,25). The number of hydrogen-bond donors (Lipinski definition) is 2. The number of rotatable bonds is 5. The van der Waals surface area contributed by atoms with Crippen molar-refractivity contribution in [1.82, 2.24) is 4.57 Å². The molecule has 0 unspecified atom stereocenters. The zero-order valence-corrected chi connectivity index (χ0v) is 17.4. The average Bonchev–Trinajstić information content (AvgIpc) is 2.94. The number of fused-ring (bicyclic) bond motifs is 1. The molecular formula is C20H21ClN2O4S. The first-order valence-electron chi connectivity index (χ1n) is 8.85. The minimum Gasteiger partial charge on any atom is -0.506 e. The quantitative estimate of drug-likeness (QED) is 0.599. The fraction of sp³-hybridized carbons (Fsp3) is 0.250. The van der Waals surface area contributed by atoms with Gasteiger partial charge in [0.2, 0.25) is 0 Å². The van der Waals surface area contributed by atoms with Gasteiger partial charge in [-0.15, -0.1) is 0 Å². The number of benzene rings is 2. The lowest BCUT2D eigenvalue weighted by Gasteiger charge is -2.12. The van der Waals surface area contributed by atoms with E-state index in [2.05, 4.69) is 5.32 Å². The number of nitrogens with one attached hydrogen (secondary N) is 1. The van der Waals surface area contributed by atoms with Crippen LogP contribution in [0.15, 0.2) is 41.3 Å². The van der Waals surface area contributed by atoms with Crippen LogP contribution in [-0.2, 0) is 16.4 Å². The Morgan fingerprint density at radius 1 is 1.18 bits per heavy atom. The van der Waals surface area contributed by atoms with Crippen molar-refractivity contribution in [3.63, 3.8) is 0 Å². The number of hydrogen-bond acceptors (Lipinski definition) is 4. The van der Waals surface area contributed by atoms with Crippen LogP contribution in [-0.4, -0.2) is 29.8 Å². The summed E-state index contributed by atoms with van der Waals surface area (Å²) in [5.74, 6) is -0.717. The molecule has 0 saturated heterocycles. The Morgan fingerprint density at radius 2 is 1.89 bits per heavy atom. The summed E-state index contributed by atoms with van der Waals surface area (Å²) in [6.45, 7) is 5.85. The van der Waals surface area contributed by atoms with Gasteiger partial charge in [0.05, 0.1) is 16.3 Å². The van der Waals surface area contributed by atoms with Crippen molar-refractivity contribution in [1.29, 1.82) is 0 Å². The average molecular weight is 421 g/mol. The molecule has 28 heavy (non-hydrogen) atoms. The van der Waals surface area contributed by atoms with E-state index in [0.717, 1.165) is 16.5 Å². The van der Waals surface area contributed by atoms with Crippen molar-refractivity contribution in [2.45, 2.75) is 32.2 Å². The lowest BCUT2D eigenvalue weighted by molar-refractivity contribution is 0.101. The largest absolute Gasteiger partial charge is 0.506 e. The van der Waals surface area contributed by atoms with Gasteiger partial charge in [-0.3, -0.25) is 4.79 Å². The summed E-state index contributed by atoms with van der Waals surface area (Å²) in [5.41, 5.74) is 2.11. The zero-order chi connectivity index (χ0) is 20.6. The van der Waals surface area contributed by atoms with Crippen molar-refractivity contribution in [3.05, 3.63) is 52.7 Å². The third-order valence-electron chi connectivity index (χ3n) is 4.77. The number of amides is 1. The van der Waals surface area contributed by atoms with Crippen LogP contribution in [0.1, 0.15) is 29.9 Å². The van der Waals surface area contributed by atoms with Crippen LogP contribution in [0.3, 0.4) is 0 Å². The van der Waals surface area contributed by atoms with E-state index in [1.807, 2.05) is 24.5 Å². The van der Waals surface area contributed by atoms with Gasteiger partial charge in [0, 0.05) is 22.5 Å². The number of carbonyl (C=O) groups excluding carboxylic acids is 1. The molecule has 8 heteroatoms. The number of anilines is 1. The summed E-state index contributed by atoms with van der Waals surface area (Å²) < 4.78 is 26.1. The third-order valence-corrected chi connectivity index (χ3v) is 6.73. The molecule has 1 aromatic heterocycles. The molecule has 0 saturated carbocycles. The monoisotopic (exact) mass is 420 g/mol. The summed E-state index contributed by atoms with van der Waals surface area (Å²) >= 11 is 6.10. The predicted molar refractivity (Wildman–Crippen MR) is 111 cm³/mol. The molecule has 3 aromatic rings. The minimum atomic E-state index is -3.47. The summed E-state index contributed by atoms with van der Waals surface area (Å²) in [6, 6.07) is 9.29. The van der Waals surface area contributed by atoms with Gasteiger partial charge in [0.1, 0.15) is 11.4 Å². The highest BCUT2D eigenvalue weighted by atomic mass is 35.5. The van der Waals surface area contributed by atoms with Crippen molar-refractivity contribution in [3.8, 4) is 5.75 Å². The van der Waals surface area contributed by atoms with Crippen molar-refractivity contribution in [2.75, 3.05) is 11.1 Å². The van der Waals surface area contributed by atoms with Crippen LogP contribution in [0.25, 0.3) is 10.9 Å². The number of phenolic OH excluding ortho intramolecular Hbond substituents is 1. The summed E-state index contributed by atoms with van der Waals surface area (Å²) in [4.78, 5) is 13.1. The van der Waals surface area contributed by atoms with E-state index in [0.29, 0.717) is 17.3 Å². The maximum Gasteiger partial charge on any atom is 0.272 e. The lowest BCUT2D eigenvalue weighted by atomic mass is 10.1. The van der Waals surface area contributed by atoms with Crippen molar-refractivity contribution in [2.24, 2.45) is 0 Å². The number of nitrogens with zero attached hydrogens (tertiary/aromatic N) is 1. The fourth-order valence-electron chi connectivity index (χ4n) is 3.27.